The first-order valence-electron chi connectivity index (χ1n) is 7.24. The summed E-state index contributed by atoms with van der Waals surface area (Å²) in [6, 6.07) is 22.2. The second-order valence-corrected chi connectivity index (χ2v) is 7.62. The third-order valence-corrected chi connectivity index (χ3v) is 5.59. The summed E-state index contributed by atoms with van der Waals surface area (Å²) in [6.45, 7) is 0. The Kier molecular flexibility index (Phi) is 5.64. The summed E-state index contributed by atoms with van der Waals surface area (Å²) < 4.78 is 8.42. The number of nitrogens with zero attached hydrogens (tertiary/aromatic N) is 1. The van der Waals surface area contributed by atoms with Gasteiger partial charge in [0.25, 0.3) is 0 Å². The topological polar surface area (TPSA) is 12.5 Å². The number of anilines is 3. The van der Waals surface area contributed by atoms with Crippen LogP contribution in [0.2, 0.25) is 0 Å². The van der Waals surface area contributed by atoms with Crippen LogP contribution in [-0.2, 0) is 0 Å². The molecule has 0 aliphatic heterocycles. The predicted octanol–water partition coefficient (Wildman–Crippen LogP) is 7.45. The molecule has 24 heavy (non-hydrogen) atoms. The van der Waals surface area contributed by atoms with E-state index in [9.17, 15) is 0 Å². The number of ether oxygens (including phenoxy) is 1. The van der Waals surface area contributed by atoms with Crippen LogP contribution in [0.25, 0.3) is 0 Å². The lowest BCUT2D eigenvalue weighted by Gasteiger charge is -2.28. The fourth-order valence-corrected chi connectivity index (χ4v) is 3.79. The molecule has 122 valence electrons. The van der Waals surface area contributed by atoms with Crippen LogP contribution in [0, 0.1) is 0 Å². The fourth-order valence-electron chi connectivity index (χ4n) is 2.45. The molecule has 0 aliphatic carbocycles. The van der Waals surface area contributed by atoms with Crippen molar-refractivity contribution in [2.24, 2.45) is 0 Å². The molecular weight excluding hydrogens is 498 g/mol. The largest absolute Gasteiger partial charge is 0.497 e. The van der Waals surface area contributed by atoms with Crippen molar-refractivity contribution in [1.82, 2.24) is 0 Å². The van der Waals surface area contributed by atoms with E-state index in [2.05, 4.69) is 64.8 Å². The molecular formula is C19H14Br3NO. The molecule has 0 aliphatic rings. The standard InChI is InChI=1S/C19H14Br3NO/c1-24-13-10-11-16(22)19(12-13)23(17-8-4-2-6-14(17)20)18-9-5-3-7-15(18)21/h2-12H,1H3. The summed E-state index contributed by atoms with van der Waals surface area (Å²) in [6.07, 6.45) is 0. The fraction of sp³-hybridized carbons (Fsp3) is 0.0526. The number of rotatable bonds is 4. The highest BCUT2D eigenvalue weighted by Crippen LogP contribution is 2.45. The molecule has 3 aromatic carbocycles. The third-order valence-electron chi connectivity index (χ3n) is 3.58. The average molecular weight is 512 g/mol. The highest BCUT2D eigenvalue weighted by atomic mass is 79.9. The smallest absolute Gasteiger partial charge is 0.121 e. The first-order chi connectivity index (χ1) is 11.6. The van der Waals surface area contributed by atoms with E-state index in [0.717, 1.165) is 36.2 Å². The van der Waals surface area contributed by atoms with Gasteiger partial charge in [0.2, 0.25) is 0 Å². The van der Waals surface area contributed by atoms with Gasteiger partial charge < -0.3 is 9.64 Å². The van der Waals surface area contributed by atoms with Crippen LogP contribution in [0.1, 0.15) is 0 Å². The molecule has 3 aromatic rings. The van der Waals surface area contributed by atoms with Gasteiger partial charge in [0, 0.05) is 19.5 Å². The van der Waals surface area contributed by atoms with Crippen molar-refractivity contribution in [3.63, 3.8) is 0 Å². The Bertz CT molecular complexity index is 821. The average Bonchev–Trinajstić information content (AvgIpc) is 2.60. The molecule has 0 spiro atoms. The number of para-hydroxylation sites is 2. The zero-order valence-corrected chi connectivity index (χ0v) is 17.6. The third kappa shape index (κ3) is 3.53. The molecule has 0 amide bonds. The van der Waals surface area contributed by atoms with Gasteiger partial charge in [-0.25, -0.2) is 0 Å². The number of methoxy groups -OCH3 is 1. The van der Waals surface area contributed by atoms with Crippen LogP contribution in [0.5, 0.6) is 5.75 Å². The maximum absolute atomic E-state index is 5.42. The summed E-state index contributed by atoms with van der Waals surface area (Å²) in [5, 5.41) is 0. The molecule has 0 aromatic heterocycles. The van der Waals surface area contributed by atoms with E-state index in [4.69, 9.17) is 4.74 Å². The minimum Gasteiger partial charge on any atom is -0.497 e. The summed E-state index contributed by atoms with van der Waals surface area (Å²) in [5.74, 6) is 0.803. The highest BCUT2D eigenvalue weighted by molar-refractivity contribution is 9.11. The number of hydrogen-bond donors (Lipinski definition) is 0. The molecule has 0 N–H and O–H groups in total. The highest BCUT2D eigenvalue weighted by Gasteiger charge is 2.19. The Morgan fingerprint density at radius 1 is 0.667 bits per heavy atom. The minimum absolute atomic E-state index is 0.803. The molecule has 0 unspecified atom stereocenters. The van der Waals surface area contributed by atoms with Gasteiger partial charge in [0.05, 0.1) is 24.2 Å². The summed E-state index contributed by atoms with van der Waals surface area (Å²) in [5.41, 5.74) is 3.07. The van der Waals surface area contributed by atoms with Crippen molar-refractivity contribution < 1.29 is 4.74 Å². The number of halogens is 3. The van der Waals surface area contributed by atoms with Crippen molar-refractivity contribution in [3.05, 3.63) is 80.1 Å². The molecule has 0 heterocycles. The summed E-state index contributed by atoms with van der Waals surface area (Å²) >= 11 is 11.0. The minimum atomic E-state index is 0.803. The first-order valence-corrected chi connectivity index (χ1v) is 9.62. The van der Waals surface area contributed by atoms with E-state index in [1.165, 1.54) is 0 Å². The quantitative estimate of drug-likeness (QED) is 0.360. The number of benzene rings is 3. The Hall–Kier alpha value is -1.30. The van der Waals surface area contributed by atoms with Gasteiger partial charge in [-0.05, 0) is 84.2 Å². The maximum atomic E-state index is 5.42. The van der Waals surface area contributed by atoms with Crippen molar-refractivity contribution in [2.45, 2.75) is 0 Å². The number of hydrogen-bond acceptors (Lipinski definition) is 2. The zero-order chi connectivity index (χ0) is 17.1. The van der Waals surface area contributed by atoms with Crippen molar-refractivity contribution in [3.8, 4) is 5.75 Å². The van der Waals surface area contributed by atoms with E-state index >= 15 is 0 Å². The lowest BCUT2D eigenvalue weighted by Crippen LogP contribution is -2.12. The lowest BCUT2D eigenvalue weighted by atomic mass is 10.2. The zero-order valence-electron chi connectivity index (χ0n) is 12.8. The molecule has 0 fully saturated rings. The van der Waals surface area contributed by atoms with Gasteiger partial charge in [-0.1, -0.05) is 24.3 Å². The Morgan fingerprint density at radius 3 is 1.67 bits per heavy atom. The maximum Gasteiger partial charge on any atom is 0.121 e. The molecule has 0 bridgehead atoms. The van der Waals surface area contributed by atoms with Gasteiger partial charge >= 0.3 is 0 Å². The molecule has 0 radical (unpaired) electrons. The van der Waals surface area contributed by atoms with E-state index in [1.807, 2.05) is 54.6 Å². The molecule has 5 heteroatoms. The molecule has 2 nitrogen and oxygen atoms in total. The van der Waals surface area contributed by atoms with Gasteiger partial charge in [0.15, 0.2) is 0 Å². The van der Waals surface area contributed by atoms with E-state index < -0.39 is 0 Å². The van der Waals surface area contributed by atoms with E-state index in [-0.39, 0.29) is 0 Å². The van der Waals surface area contributed by atoms with Crippen LogP contribution < -0.4 is 9.64 Å². The Labute approximate surface area is 166 Å². The molecule has 0 atom stereocenters. The van der Waals surface area contributed by atoms with Crippen LogP contribution in [0.15, 0.2) is 80.1 Å². The SMILES string of the molecule is COc1ccc(Br)c(N(c2ccccc2Br)c2ccccc2Br)c1. The van der Waals surface area contributed by atoms with Gasteiger partial charge in [-0.15, -0.1) is 0 Å². The van der Waals surface area contributed by atoms with Crippen LogP contribution in [0.3, 0.4) is 0 Å². The van der Waals surface area contributed by atoms with Crippen LogP contribution in [0.4, 0.5) is 17.1 Å². The van der Waals surface area contributed by atoms with E-state index in [1.54, 1.807) is 7.11 Å². The second kappa shape index (κ2) is 7.72. The Balaban J connectivity index is 2.28. The van der Waals surface area contributed by atoms with Gasteiger partial charge in [-0.3, -0.25) is 0 Å². The molecule has 0 saturated carbocycles. The summed E-state index contributed by atoms with van der Waals surface area (Å²) in [4.78, 5) is 2.18. The normalized spacial score (nSPS) is 10.5. The monoisotopic (exact) mass is 509 g/mol. The van der Waals surface area contributed by atoms with Crippen molar-refractivity contribution in [2.75, 3.05) is 12.0 Å². The van der Waals surface area contributed by atoms with Crippen molar-refractivity contribution >= 4 is 64.9 Å². The Morgan fingerprint density at radius 2 is 1.17 bits per heavy atom. The molecule has 0 saturated heterocycles. The lowest BCUT2D eigenvalue weighted by molar-refractivity contribution is 0.415. The summed E-state index contributed by atoms with van der Waals surface area (Å²) in [7, 11) is 1.67. The van der Waals surface area contributed by atoms with Crippen LogP contribution in [-0.4, -0.2) is 7.11 Å². The van der Waals surface area contributed by atoms with Crippen molar-refractivity contribution in [1.29, 1.82) is 0 Å². The van der Waals surface area contributed by atoms with E-state index in [0.29, 0.717) is 0 Å². The second-order valence-electron chi connectivity index (χ2n) is 5.06. The van der Waals surface area contributed by atoms with Gasteiger partial charge in [0.1, 0.15) is 5.75 Å². The predicted molar refractivity (Wildman–Crippen MR) is 111 cm³/mol. The van der Waals surface area contributed by atoms with Crippen LogP contribution >= 0.6 is 47.8 Å². The molecule has 3 rings (SSSR count). The first kappa shape index (κ1) is 17.5. The van der Waals surface area contributed by atoms with Gasteiger partial charge in [-0.2, -0.15) is 0 Å².